The lowest BCUT2D eigenvalue weighted by Crippen LogP contribution is -2.29. The van der Waals surface area contributed by atoms with Crippen LogP contribution in [0.3, 0.4) is 0 Å². The van der Waals surface area contributed by atoms with Crippen molar-refractivity contribution < 1.29 is 27.9 Å². The van der Waals surface area contributed by atoms with Gasteiger partial charge in [-0.05, 0) is 75.4 Å². The lowest BCUT2D eigenvalue weighted by Gasteiger charge is -2.18. The second-order valence-corrected chi connectivity index (χ2v) is 13.2. The number of nitrogens with two attached hydrogens (primary N) is 1. The van der Waals surface area contributed by atoms with Crippen LogP contribution in [0, 0.1) is 6.92 Å². The van der Waals surface area contributed by atoms with Crippen LogP contribution in [0.2, 0.25) is 0 Å². The van der Waals surface area contributed by atoms with E-state index in [4.69, 9.17) is 15.6 Å². The number of amides is 2. The molecule has 38 heavy (non-hydrogen) atoms. The molecule has 0 saturated carbocycles. The molecule has 13 heteroatoms. The van der Waals surface area contributed by atoms with E-state index < -0.39 is 27.6 Å². The third-order valence-corrected chi connectivity index (χ3v) is 9.20. The van der Waals surface area contributed by atoms with Crippen LogP contribution in [0.4, 0.5) is 21.0 Å². The molecule has 0 aliphatic heterocycles. The number of nitrogens with zero attached hydrogens (tertiary/aromatic N) is 1. The lowest BCUT2D eigenvalue weighted by molar-refractivity contribution is 0.0529. The van der Waals surface area contributed by atoms with Crippen molar-refractivity contribution in [1.82, 2.24) is 5.43 Å². The van der Waals surface area contributed by atoms with Crippen LogP contribution in [0.1, 0.15) is 31.2 Å². The Kier molecular flexibility index (Phi) is 8.75. The molecule has 0 unspecified atom stereocenters. The number of aryl methyl sites for hydroxylation is 1. The Hall–Kier alpha value is -3.55. The Balaban J connectivity index is 1.93. The Bertz CT molecular complexity index is 1480. The number of carbonyl (C=O) groups excluding carboxylic acids is 1. The van der Waals surface area contributed by atoms with Crippen LogP contribution < -0.4 is 16.5 Å². The summed E-state index contributed by atoms with van der Waals surface area (Å²) < 4.78 is 33.0. The van der Waals surface area contributed by atoms with Crippen LogP contribution in [0.25, 0.3) is 11.1 Å². The summed E-state index contributed by atoms with van der Waals surface area (Å²) in [5.74, 6) is 0. The molecule has 202 valence electrons. The van der Waals surface area contributed by atoms with Crippen molar-refractivity contribution in [2.75, 3.05) is 17.3 Å². The molecule has 0 atom stereocenters. The summed E-state index contributed by atoms with van der Waals surface area (Å²) in [5, 5.41) is 15.1. The largest absolute Gasteiger partial charge is 0.465 e. The molecular formula is C25H28N4O6S3. The van der Waals surface area contributed by atoms with Gasteiger partial charge in [-0.15, -0.1) is 23.1 Å². The van der Waals surface area contributed by atoms with Crippen molar-refractivity contribution in [2.45, 2.75) is 47.3 Å². The number of nitrogen functional groups attached to an aromatic ring is 1. The molecule has 0 bridgehead atoms. The summed E-state index contributed by atoms with van der Waals surface area (Å²) in [6.07, 6.45) is 1.20. The number of carbonyl (C=O) groups is 2. The van der Waals surface area contributed by atoms with Gasteiger partial charge in [0.1, 0.15) is 5.60 Å². The molecule has 10 nitrogen and oxygen atoms in total. The maximum absolute atomic E-state index is 13.6. The number of hydrogen-bond acceptors (Lipinski definition) is 9. The number of thioether (sulfide) groups is 1. The fraction of sp³-hybridized carbons (Fsp3) is 0.240. The van der Waals surface area contributed by atoms with Crippen molar-refractivity contribution in [3.05, 3.63) is 52.9 Å². The average molecular weight is 577 g/mol. The highest BCUT2D eigenvalue weighted by atomic mass is 32.2. The minimum Gasteiger partial charge on any atom is -0.465 e. The number of nitrogens with one attached hydrogen (secondary N) is 2. The first kappa shape index (κ1) is 29.0. The van der Waals surface area contributed by atoms with E-state index in [-0.39, 0.29) is 9.79 Å². The van der Waals surface area contributed by atoms with Gasteiger partial charge in [-0.25, -0.2) is 23.4 Å². The van der Waals surface area contributed by atoms with Crippen molar-refractivity contribution in [3.8, 4) is 11.1 Å². The number of benzene rings is 2. The summed E-state index contributed by atoms with van der Waals surface area (Å²) in [5.41, 5.74) is 10.3. The minimum atomic E-state index is -3.92. The van der Waals surface area contributed by atoms with Gasteiger partial charge in [-0.3, -0.25) is 5.32 Å². The molecular weight excluding hydrogens is 548 g/mol. The van der Waals surface area contributed by atoms with Gasteiger partial charge < -0.3 is 15.6 Å². The SMILES string of the molecule is CSc1sc(C=NNC(=O)OC(C)(C)C)cc1S(=O)(=O)c1cccc(-c2c(C)cc(NC(=O)O)cc2N)c1. The van der Waals surface area contributed by atoms with Crippen LogP contribution in [0.15, 0.2) is 61.6 Å². The molecule has 1 aromatic heterocycles. The van der Waals surface area contributed by atoms with Gasteiger partial charge in [-0.2, -0.15) is 5.10 Å². The van der Waals surface area contributed by atoms with E-state index in [1.54, 1.807) is 52.1 Å². The van der Waals surface area contributed by atoms with Crippen LogP contribution in [-0.4, -0.2) is 43.8 Å². The highest BCUT2D eigenvalue weighted by molar-refractivity contribution is 8.01. The Morgan fingerprint density at radius 2 is 1.89 bits per heavy atom. The molecule has 2 aromatic carbocycles. The molecule has 0 radical (unpaired) electrons. The van der Waals surface area contributed by atoms with Crippen molar-refractivity contribution in [2.24, 2.45) is 5.10 Å². The van der Waals surface area contributed by atoms with Gasteiger partial charge >= 0.3 is 12.2 Å². The van der Waals surface area contributed by atoms with Crippen molar-refractivity contribution in [1.29, 1.82) is 0 Å². The normalized spacial score (nSPS) is 11.9. The fourth-order valence-corrected chi connectivity index (χ4v) is 7.51. The standard InChI is InChI=1S/C25H28N4O6S3/c1-14-9-16(28-23(30)31)11-19(26)21(14)15-7-6-8-18(10-15)38(33,34)20-12-17(37-22(20)36-5)13-27-29-24(32)35-25(2,3)4/h6-13,28H,26H2,1-5H3,(H,29,32)(H,30,31). The fourth-order valence-electron chi connectivity index (χ4n) is 3.57. The highest BCUT2D eigenvalue weighted by Gasteiger charge is 2.25. The zero-order valence-corrected chi connectivity index (χ0v) is 23.8. The Morgan fingerprint density at radius 3 is 2.50 bits per heavy atom. The van der Waals surface area contributed by atoms with E-state index in [1.807, 2.05) is 0 Å². The van der Waals surface area contributed by atoms with E-state index in [0.29, 0.717) is 37.2 Å². The number of anilines is 2. The minimum absolute atomic E-state index is 0.0741. The first-order valence-corrected chi connectivity index (χ1v) is 14.7. The second-order valence-electron chi connectivity index (χ2n) is 9.10. The first-order valence-electron chi connectivity index (χ1n) is 11.2. The molecule has 3 rings (SSSR count). The average Bonchev–Trinajstić information content (AvgIpc) is 3.21. The van der Waals surface area contributed by atoms with Crippen molar-refractivity contribution >= 4 is 62.7 Å². The quantitative estimate of drug-likeness (QED) is 0.119. The van der Waals surface area contributed by atoms with Crippen LogP contribution in [-0.2, 0) is 14.6 Å². The number of rotatable bonds is 7. The number of ether oxygens (including phenoxy) is 1. The monoisotopic (exact) mass is 576 g/mol. The number of carboxylic acid groups (broad SMARTS) is 1. The molecule has 3 aromatic rings. The van der Waals surface area contributed by atoms with Gasteiger partial charge in [0.2, 0.25) is 9.84 Å². The van der Waals surface area contributed by atoms with Crippen LogP contribution >= 0.6 is 23.1 Å². The number of hydrazone groups is 1. The maximum atomic E-state index is 13.6. The lowest BCUT2D eigenvalue weighted by atomic mass is 9.98. The summed E-state index contributed by atoms with van der Waals surface area (Å²) in [6, 6.07) is 11.0. The summed E-state index contributed by atoms with van der Waals surface area (Å²) in [4.78, 5) is 23.5. The van der Waals surface area contributed by atoms with Crippen LogP contribution in [0.5, 0.6) is 0 Å². The molecule has 0 aliphatic carbocycles. The first-order chi connectivity index (χ1) is 17.7. The van der Waals surface area contributed by atoms with E-state index in [0.717, 1.165) is 0 Å². The van der Waals surface area contributed by atoms with Gasteiger partial charge in [0.25, 0.3) is 0 Å². The Labute approximate surface area is 229 Å². The van der Waals surface area contributed by atoms with Crippen molar-refractivity contribution in [3.63, 3.8) is 0 Å². The van der Waals surface area contributed by atoms with E-state index in [1.165, 1.54) is 53.6 Å². The molecule has 0 saturated heterocycles. The van der Waals surface area contributed by atoms with E-state index in [9.17, 15) is 18.0 Å². The molecule has 0 aliphatic rings. The zero-order valence-electron chi connectivity index (χ0n) is 21.4. The third kappa shape index (κ3) is 7.05. The van der Waals surface area contributed by atoms with Gasteiger partial charge in [-0.1, -0.05) is 12.1 Å². The summed E-state index contributed by atoms with van der Waals surface area (Å²) in [6.45, 7) is 6.96. The summed E-state index contributed by atoms with van der Waals surface area (Å²) >= 11 is 2.51. The maximum Gasteiger partial charge on any atom is 0.428 e. The Morgan fingerprint density at radius 1 is 1.18 bits per heavy atom. The van der Waals surface area contributed by atoms with E-state index in [2.05, 4.69) is 15.8 Å². The molecule has 0 fully saturated rings. The third-order valence-electron chi connectivity index (χ3n) is 4.96. The smallest absolute Gasteiger partial charge is 0.428 e. The predicted molar refractivity (Wildman–Crippen MR) is 151 cm³/mol. The van der Waals surface area contributed by atoms with E-state index >= 15 is 0 Å². The molecule has 5 N–H and O–H groups in total. The number of hydrogen-bond donors (Lipinski definition) is 4. The van der Waals surface area contributed by atoms with Gasteiger partial charge in [0, 0.05) is 21.8 Å². The molecule has 0 spiro atoms. The number of thiophene rings is 1. The molecule has 1 heterocycles. The second kappa shape index (κ2) is 11.5. The topological polar surface area (TPSA) is 160 Å². The highest BCUT2D eigenvalue weighted by Crippen LogP contribution is 2.38. The van der Waals surface area contributed by atoms with Gasteiger partial charge in [0.05, 0.1) is 20.2 Å². The van der Waals surface area contributed by atoms with Gasteiger partial charge in [0.15, 0.2) is 0 Å². The molecule has 2 amide bonds. The number of sulfone groups is 1. The zero-order chi connectivity index (χ0) is 28.3. The predicted octanol–water partition coefficient (Wildman–Crippen LogP) is 5.81. The summed E-state index contributed by atoms with van der Waals surface area (Å²) in [7, 11) is -3.92.